The zero-order valence-electron chi connectivity index (χ0n) is 11.9. The number of hydrogen-bond donors (Lipinski definition) is 2. The number of hydrogen-bond acceptors (Lipinski definition) is 2. The quantitative estimate of drug-likeness (QED) is 0.325. The molecule has 1 aliphatic rings. The van der Waals surface area contributed by atoms with E-state index in [-0.39, 0.29) is 0 Å². The average molecular weight is 240 g/mol. The smallest absolute Gasteiger partial charge is 0.0238 e. The first-order chi connectivity index (χ1) is 8.29. The lowest BCUT2D eigenvalue weighted by molar-refractivity contribution is 0.319. The molecule has 0 heterocycles. The molecule has 1 rings (SSSR count). The van der Waals surface area contributed by atoms with E-state index in [2.05, 4.69) is 19.3 Å². The van der Waals surface area contributed by atoms with E-state index < -0.39 is 0 Å². The summed E-state index contributed by atoms with van der Waals surface area (Å²) in [7, 11) is 0. The molecule has 2 nitrogen and oxygen atoms in total. The van der Waals surface area contributed by atoms with Crippen molar-refractivity contribution >= 4 is 0 Å². The zero-order chi connectivity index (χ0) is 12.5. The van der Waals surface area contributed by atoms with Gasteiger partial charge >= 0.3 is 0 Å². The highest BCUT2D eigenvalue weighted by Gasteiger charge is 2.32. The Labute approximate surface area is 108 Å². The molecule has 0 aromatic rings. The fraction of sp³-hybridized carbons (Fsp3) is 1.00. The summed E-state index contributed by atoms with van der Waals surface area (Å²) in [5.41, 5.74) is 3.03. The summed E-state index contributed by atoms with van der Waals surface area (Å²) in [6.45, 7) is 4.64. The van der Waals surface area contributed by atoms with E-state index in [0.717, 1.165) is 11.8 Å². The molecule has 1 saturated carbocycles. The van der Waals surface area contributed by atoms with Gasteiger partial charge in [-0.25, -0.2) is 0 Å². The van der Waals surface area contributed by atoms with Gasteiger partial charge in [0.1, 0.15) is 0 Å². The molecule has 0 spiro atoms. The summed E-state index contributed by atoms with van der Waals surface area (Å²) < 4.78 is 0. The molecule has 3 N–H and O–H groups in total. The number of rotatable bonds is 11. The molecule has 0 saturated heterocycles. The molecular formula is C15H32N2. The van der Waals surface area contributed by atoms with E-state index in [9.17, 15) is 0 Å². The minimum Gasteiger partial charge on any atom is -0.271 e. The second kappa shape index (κ2) is 8.93. The van der Waals surface area contributed by atoms with E-state index >= 15 is 0 Å². The van der Waals surface area contributed by atoms with Crippen molar-refractivity contribution in [3.63, 3.8) is 0 Å². The Hall–Kier alpha value is -0.0800. The van der Waals surface area contributed by atoms with Gasteiger partial charge in [-0.05, 0) is 31.1 Å². The summed E-state index contributed by atoms with van der Waals surface area (Å²) in [4.78, 5) is 0. The SMILES string of the molecule is CCCCCCCCCC(NN)C(C)C1CC1. The van der Waals surface area contributed by atoms with Crippen LogP contribution in [-0.2, 0) is 0 Å². The third-order valence-corrected chi connectivity index (χ3v) is 4.33. The first-order valence-corrected chi connectivity index (χ1v) is 7.75. The van der Waals surface area contributed by atoms with Crippen LogP contribution in [-0.4, -0.2) is 6.04 Å². The van der Waals surface area contributed by atoms with Crippen LogP contribution in [0.15, 0.2) is 0 Å². The minimum atomic E-state index is 0.554. The normalized spacial score (nSPS) is 19.2. The van der Waals surface area contributed by atoms with E-state index in [4.69, 9.17) is 5.84 Å². The Morgan fingerprint density at radius 2 is 1.65 bits per heavy atom. The van der Waals surface area contributed by atoms with Crippen molar-refractivity contribution in [2.45, 2.75) is 84.1 Å². The van der Waals surface area contributed by atoms with Crippen LogP contribution in [0.3, 0.4) is 0 Å². The number of unbranched alkanes of at least 4 members (excludes halogenated alkanes) is 6. The Balaban J connectivity index is 1.95. The summed E-state index contributed by atoms with van der Waals surface area (Å²) in [6, 6.07) is 0.554. The highest BCUT2D eigenvalue weighted by atomic mass is 15.2. The van der Waals surface area contributed by atoms with Crippen LogP contribution in [0.5, 0.6) is 0 Å². The van der Waals surface area contributed by atoms with E-state index in [1.165, 1.54) is 64.2 Å². The fourth-order valence-corrected chi connectivity index (χ4v) is 2.77. The van der Waals surface area contributed by atoms with Crippen LogP contribution in [0.1, 0.15) is 78.1 Å². The van der Waals surface area contributed by atoms with Gasteiger partial charge in [0.05, 0.1) is 0 Å². The van der Waals surface area contributed by atoms with Crippen LogP contribution >= 0.6 is 0 Å². The Kier molecular flexibility index (Phi) is 7.87. The van der Waals surface area contributed by atoms with Crippen molar-refractivity contribution in [1.29, 1.82) is 0 Å². The van der Waals surface area contributed by atoms with Crippen LogP contribution in [0.2, 0.25) is 0 Å². The molecule has 0 aromatic carbocycles. The van der Waals surface area contributed by atoms with Gasteiger partial charge in [-0.1, -0.05) is 58.8 Å². The van der Waals surface area contributed by atoms with Gasteiger partial charge in [0, 0.05) is 6.04 Å². The molecule has 0 amide bonds. The van der Waals surface area contributed by atoms with Crippen molar-refractivity contribution in [2.75, 3.05) is 0 Å². The highest BCUT2D eigenvalue weighted by Crippen LogP contribution is 2.38. The second-order valence-corrected chi connectivity index (χ2v) is 5.88. The third-order valence-electron chi connectivity index (χ3n) is 4.33. The monoisotopic (exact) mass is 240 g/mol. The molecule has 0 aliphatic heterocycles. The van der Waals surface area contributed by atoms with Crippen molar-refractivity contribution in [3.05, 3.63) is 0 Å². The van der Waals surface area contributed by atoms with E-state index in [1.807, 2.05) is 0 Å². The lowest BCUT2D eigenvalue weighted by Gasteiger charge is -2.23. The number of nitrogens with one attached hydrogen (secondary N) is 1. The largest absolute Gasteiger partial charge is 0.271 e. The average Bonchev–Trinajstić information content (AvgIpc) is 3.16. The lowest BCUT2D eigenvalue weighted by Crippen LogP contribution is -2.40. The minimum absolute atomic E-state index is 0.554. The zero-order valence-corrected chi connectivity index (χ0v) is 11.9. The van der Waals surface area contributed by atoms with Gasteiger partial charge < -0.3 is 0 Å². The Bertz CT molecular complexity index is 178. The maximum atomic E-state index is 5.67. The summed E-state index contributed by atoms with van der Waals surface area (Å²) in [5.74, 6) is 7.41. The predicted octanol–water partition coefficient (Wildman–Crippen LogP) is 4.01. The second-order valence-electron chi connectivity index (χ2n) is 5.88. The van der Waals surface area contributed by atoms with Crippen LogP contribution < -0.4 is 11.3 Å². The Morgan fingerprint density at radius 1 is 1.06 bits per heavy atom. The van der Waals surface area contributed by atoms with Crippen molar-refractivity contribution < 1.29 is 0 Å². The molecular weight excluding hydrogens is 208 g/mol. The molecule has 2 heteroatoms. The van der Waals surface area contributed by atoms with Crippen molar-refractivity contribution in [1.82, 2.24) is 5.43 Å². The van der Waals surface area contributed by atoms with Gasteiger partial charge in [-0.15, -0.1) is 0 Å². The molecule has 0 aromatic heterocycles. The van der Waals surface area contributed by atoms with Gasteiger partial charge in [0.2, 0.25) is 0 Å². The molecule has 1 aliphatic carbocycles. The Morgan fingerprint density at radius 3 is 2.18 bits per heavy atom. The predicted molar refractivity (Wildman–Crippen MR) is 75.6 cm³/mol. The van der Waals surface area contributed by atoms with Crippen molar-refractivity contribution in [3.8, 4) is 0 Å². The lowest BCUT2D eigenvalue weighted by atomic mass is 9.92. The molecule has 0 bridgehead atoms. The summed E-state index contributed by atoms with van der Waals surface area (Å²) in [6.07, 6.45) is 13.9. The number of nitrogens with two attached hydrogens (primary N) is 1. The van der Waals surface area contributed by atoms with Gasteiger partial charge in [0.15, 0.2) is 0 Å². The molecule has 17 heavy (non-hydrogen) atoms. The standard InChI is InChI=1S/C15H32N2/c1-3-4-5-6-7-8-9-10-15(17-16)13(2)14-11-12-14/h13-15,17H,3-12,16H2,1-2H3. The van der Waals surface area contributed by atoms with Crippen LogP contribution in [0, 0.1) is 11.8 Å². The van der Waals surface area contributed by atoms with Crippen molar-refractivity contribution in [2.24, 2.45) is 17.7 Å². The molecule has 0 radical (unpaired) electrons. The molecule has 2 atom stereocenters. The molecule has 102 valence electrons. The topological polar surface area (TPSA) is 38.0 Å². The maximum Gasteiger partial charge on any atom is 0.0238 e. The van der Waals surface area contributed by atoms with E-state index in [0.29, 0.717) is 6.04 Å². The van der Waals surface area contributed by atoms with E-state index in [1.54, 1.807) is 0 Å². The molecule has 1 fully saturated rings. The summed E-state index contributed by atoms with van der Waals surface area (Å²) in [5, 5.41) is 0. The first-order valence-electron chi connectivity index (χ1n) is 7.75. The summed E-state index contributed by atoms with van der Waals surface area (Å²) >= 11 is 0. The van der Waals surface area contributed by atoms with Gasteiger partial charge in [-0.2, -0.15) is 0 Å². The highest BCUT2D eigenvalue weighted by molar-refractivity contribution is 4.85. The number of hydrazine groups is 1. The fourth-order valence-electron chi connectivity index (χ4n) is 2.77. The maximum absolute atomic E-state index is 5.67. The first kappa shape index (κ1) is 15.0. The molecule has 2 unspecified atom stereocenters. The van der Waals surface area contributed by atoms with Gasteiger partial charge in [-0.3, -0.25) is 11.3 Å². The third kappa shape index (κ3) is 6.42. The van der Waals surface area contributed by atoms with Crippen LogP contribution in [0.25, 0.3) is 0 Å². The van der Waals surface area contributed by atoms with Gasteiger partial charge in [0.25, 0.3) is 0 Å². The van der Waals surface area contributed by atoms with Crippen LogP contribution in [0.4, 0.5) is 0 Å².